The number of thiazole rings is 1. The van der Waals surface area contributed by atoms with Crippen molar-refractivity contribution < 1.29 is 17.9 Å². The minimum Gasteiger partial charge on any atom is -0.497 e. The summed E-state index contributed by atoms with van der Waals surface area (Å²) in [5, 5.41) is 5.42. The Morgan fingerprint density at radius 3 is 2.45 bits per heavy atom. The zero-order valence-corrected chi connectivity index (χ0v) is 20.5. The van der Waals surface area contributed by atoms with Gasteiger partial charge < -0.3 is 10.1 Å². The highest BCUT2D eigenvalue weighted by molar-refractivity contribution is 7.89. The van der Waals surface area contributed by atoms with E-state index >= 15 is 0 Å². The number of methoxy groups -OCH3 is 1. The molecule has 1 N–H and O–H groups in total. The first-order valence-corrected chi connectivity index (χ1v) is 13.1. The Morgan fingerprint density at radius 2 is 1.82 bits per heavy atom. The first-order valence-electron chi connectivity index (χ1n) is 10.8. The molecule has 0 atom stereocenters. The second-order valence-corrected chi connectivity index (χ2v) is 11.0. The molecule has 0 aliphatic carbocycles. The van der Waals surface area contributed by atoms with Gasteiger partial charge in [-0.05, 0) is 56.5 Å². The average Bonchev–Trinajstić information content (AvgIpc) is 3.27. The highest BCUT2D eigenvalue weighted by Gasteiger charge is 2.32. The number of nitrogens with zero attached hydrogens (tertiary/aromatic N) is 2. The quantitative estimate of drug-likeness (QED) is 0.556. The lowest BCUT2D eigenvalue weighted by Crippen LogP contribution is -2.41. The molecule has 3 aromatic rings. The molecule has 1 aliphatic rings. The van der Waals surface area contributed by atoms with E-state index in [4.69, 9.17) is 4.74 Å². The Bertz CT molecular complexity index is 1240. The number of carbonyl (C=O) groups excluding carboxylic acids is 1. The van der Waals surface area contributed by atoms with Crippen LogP contribution in [-0.2, 0) is 14.8 Å². The summed E-state index contributed by atoms with van der Waals surface area (Å²) in [5.41, 5.74) is 4.23. The summed E-state index contributed by atoms with van der Waals surface area (Å²) in [7, 11) is -2.06. The molecule has 9 heteroatoms. The van der Waals surface area contributed by atoms with Crippen molar-refractivity contribution in [2.75, 3.05) is 25.5 Å². The van der Waals surface area contributed by atoms with Crippen molar-refractivity contribution in [1.82, 2.24) is 9.29 Å². The van der Waals surface area contributed by atoms with Gasteiger partial charge in [-0.15, -0.1) is 11.3 Å². The number of anilines is 1. The summed E-state index contributed by atoms with van der Waals surface area (Å²) in [6.07, 6.45) is 0.938. The van der Waals surface area contributed by atoms with Gasteiger partial charge >= 0.3 is 0 Å². The van der Waals surface area contributed by atoms with Crippen LogP contribution in [0, 0.1) is 19.8 Å². The Labute approximate surface area is 198 Å². The number of piperidine rings is 1. The van der Waals surface area contributed by atoms with E-state index in [1.165, 1.54) is 28.3 Å². The van der Waals surface area contributed by atoms with E-state index in [-0.39, 0.29) is 16.7 Å². The third-order valence-electron chi connectivity index (χ3n) is 5.91. The van der Waals surface area contributed by atoms with Crippen LogP contribution in [0.3, 0.4) is 0 Å². The average molecular weight is 486 g/mol. The molecule has 2 heterocycles. The molecule has 0 unspecified atom stereocenters. The number of nitrogens with one attached hydrogen (secondary N) is 1. The Kier molecular flexibility index (Phi) is 6.83. The van der Waals surface area contributed by atoms with E-state index in [0.717, 1.165) is 16.8 Å². The third kappa shape index (κ3) is 5.10. The van der Waals surface area contributed by atoms with Crippen LogP contribution in [0.5, 0.6) is 5.75 Å². The molecule has 1 aromatic heterocycles. The van der Waals surface area contributed by atoms with E-state index in [0.29, 0.717) is 36.8 Å². The molecule has 1 aliphatic heterocycles. The van der Waals surface area contributed by atoms with Gasteiger partial charge in [0.05, 0.1) is 17.7 Å². The maximum atomic E-state index is 12.9. The van der Waals surface area contributed by atoms with E-state index in [1.54, 1.807) is 24.3 Å². The fourth-order valence-electron chi connectivity index (χ4n) is 4.02. The number of benzene rings is 2. The van der Waals surface area contributed by atoms with E-state index in [1.807, 2.05) is 24.4 Å². The molecule has 174 valence electrons. The van der Waals surface area contributed by atoms with E-state index in [9.17, 15) is 13.2 Å². The Morgan fingerprint density at radius 1 is 1.12 bits per heavy atom. The molecule has 0 bridgehead atoms. The molecule has 0 saturated carbocycles. The number of amides is 1. The highest BCUT2D eigenvalue weighted by Crippen LogP contribution is 2.30. The lowest BCUT2D eigenvalue weighted by atomic mass is 9.97. The number of hydrogen-bond acceptors (Lipinski definition) is 6. The van der Waals surface area contributed by atoms with Crippen LogP contribution in [0.25, 0.3) is 11.3 Å². The normalized spacial score (nSPS) is 15.4. The fraction of sp³-hybridized carbons (Fsp3) is 0.333. The van der Waals surface area contributed by atoms with Crippen LogP contribution in [0.2, 0.25) is 0 Å². The third-order valence-corrected chi connectivity index (χ3v) is 8.58. The van der Waals surface area contributed by atoms with Crippen molar-refractivity contribution >= 4 is 32.4 Å². The summed E-state index contributed by atoms with van der Waals surface area (Å²) < 4.78 is 32.4. The number of aryl methyl sites for hydroxylation is 2. The number of hydrogen-bond donors (Lipinski definition) is 1. The zero-order chi connectivity index (χ0) is 23.6. The summed E-state index contributed by atoms with van der Waals surface area (Å²) in [5.74, 6) is 0.242. The van der Waals surface area contributed by atoms with Crippen LogP contribution in [0.4, 0.5) is 5.13 Å². The first kappa shape index (κ1) is 23.4. The topological polar surface area (TPSA) is 88.6 Å². The van der Waals surface area contributed by atoms with Crippen LogP contribution < -0.4 is 10.1 Å². The van der Waals surface area contributed by atoms with Gasteiger partial charge in [0, 0.05) is 30.0 Å². The van der Waals surface area contributed by atoms with Gasteiger partial charge in [0.1, 0.15) is 5.75 Å². The minimum atomic E-state index is -3.59. The van der Waals surface area contributed by atoms with Crippen molar-refractivity contribution in [3.8, 4) is 17.0 Å². The van der Waals surface area contributed by atoms with Crippen LogP contribution in [0.15, 0.2) is 52.7 Å². The molecule has 4 rings (SSSR count). The van der Waals surface area contributed by atoms with Gasteiger partial charge in [-0.1, -0.05) is 23.8 Å². The molecular formula is C24H27N3O4S2. The number of sulfonamides is 1. The molecular weight excluding hydrogens is 458 g/mol. The molecule has 33 heavy (non-hydrogen) atoms. The summed E-state index contributed by atoms with van der Waals surface area (Å²) in [4.78, 5) is 17.6. The largest absolute Gasteiger partial charge is 0.497 e. The summed E-state index contributed by atoms with van der Waals surface area (Å²) in [6.45, 7) is 4.71. The van der Waals surface area contributed by atoms with Gasteiger partial charge in [-0.3, -0.25) is 4.79 Å². The molecule has 0 radical (unpaired) electrons. The monoisotopic (exact) mass is 485 g/mol. The second-order valence-electron chi connectivity index (χ2n) is 8.20. The predicted octanol–water partition coefficient (Wildman–Crippen LogP) is 4.47. The second kappa shape index (κ2) is 9.62. The maximum Gasteiger partial charge on any atom is 0.243 e. The van der Waals surface area contributed by atoms with Crippen LogP contribution >= 0.6 is 11.3 Å². The van der Waals surface area contributed by atoms with E-state index < -0.39 is 10.0 Å². The summed E-state index contributed by atoms with van der Waals surface area (Å²) >= 11 is 1.40. The molecule has 1 fully saturated rings. The Balaban J connectivity index is 1.36. The molecule has 1 saturated heterocycles. The molecule has 0 spiro atoms. The van der Waals surface area contributed by atoms with Gasteiger partial charge in [0.15, 0.2) is 5.13 Å². The predicted molar refractivity (Wildman–Crippen MR) is 130 cm³/mol. The van der Waals surface area contributed by atoms with Crippen molar-refractivity contribution in [3.63, 3.8) is 0 Å². The van der Waals surface area contributed by atoms with Gasteiger partial charge in [0.2, 0.25) is 15.9 Å². The number of rotatable bonds is 6. The zero-order valence-electron chi connectivity index (χ0n) is 18.9. The smallest absolute Gasteiger partial charge is 0.243 e. The van der Waals surface area contributed by atoms with Crippen molar-refractivity contribution in [1.29, 1.82) is 0 Å². The lowest BCUT2D eigenvalue weighted by molar-refractivity contribution is -0.120. The SMILES string of the molecule is COc1ccc(S(=O)(=O)N2CCC(C(=O)Nc3nc(-c4ccc(C)cc4C)cs3)CC2)cc1. The maximum absolute atomic E-state index is 12.9. The molecule has 2 aromatic carbocycles. The van der Waals surface area contributed by atoms with Crippen molar-refractivity contribution in [3.05, 3.63) is 59.0 Å². The first-order chi connectivity index (χ1) is 15.8. The fourth-order valence-corrected chi connectivity index (χ4v) is 6.20. The van der Waals surface area contributed by atoms with Crippen molar-refractivity contribution in [2.45, 2.75) is 31.6 Å². The minimum absolute atomic E-state index is 0.113. The van der Waals surface area contributed by atoms with Crippen LogP contribution in [0.1, 0.15) is 24.0 Å². The summed E-state index contributed by atoms with van der Waals surface area (Å²) in [6, 6.07) is 12.6. The number of ether oxygens (including phenoxy) is 1. The van der Waals surface area contributed by atoms with Gasteiger partial charge in [-0.25, -0.2) is 13.4 Å². The van der Waals surface area contributed by atoms with E-state index in [2.05, 4.69) is 23.3 Å². The van der Waals surface area contributed by atoms with Crippen LogP contribution in [-0.4, -0.2) is 43.8 Å². The lowest BCUT2D eigenvalue weighted by Gasteiger charge is -2.30. The number of aromatic nitrogens is 1. The Hall–Kier alpha value is -2.75. The standard InChI is InChI=1S/C24H27N3O4S2/c1-16-4-9-21(17(2)14-16)22-15-32-24(25-22)26-23(28)18-10-12-27(13-11-18)33(29,30)20-7-5-19(31-3)6-8-20/h4-9,14-15,18H,10-13H2,1-3H3,(H,25,26,28). The van der Waals surface area contributed by atoms with Gasteiger partial charge in [0.25, 0.3) is 0 Å². The molecule has 7 nitrogen and oxygen atoms in total. The van der Waals surface area contributed by atoms with Crippen molar-refractivity contribution in [2.24, 2.45) is 5.92 Å². The highest BCUT2D eigenvalue weighted by atomic mass is 32.2. The van der Waals surface area contributed by atoms with Gasteiger partial charge in [-0.2, -0.15) is 4.31 Å². The number of carbonyl (C=O) groups is 1. The molecule has 1 amide bonds.